The number of rotatable bonds is 6. The van der Waals surface area contributed by atoms with E-state index in [4.69, 9.17) is 5.73 Å². The van der Waals surface area contributed by atoms with Crippen molar-refractivity contribution in [2.75, 3.05) is 34.7 Å². The molecule has 5 N–H and O–H groups in total. The van der Waals surface area contributed by atoms with E-state index in [1.54, 1.807) is 19.0 Å². The first kappa shape index (κ1) is 26.0. The van der Waals surface area contributed by atoms with E-state index in [0.717, 1.165) is 0 Å². The average Bonchev–Trinajstić information content (AvgIpc) is 2.78. The monoisotopic (exact) mass is 501 g/mol. The van der Waals surface area contributed by atoms with Gasteiger partial charge in [-0.1, -0.05) is 6.08 Å². The summed E-state index contributed by atoms with van der Waals surface area (Å²) in [6.07, 6.45) is 2.40. The van der Waals surface area contributed by atoms with Gasteiger partial charge >= 0.3 is 0 Å². The molecule has 0 radical (unpaired) electrons. The van der Waals surface area contributed by atoms with Gasteiger partial charge in [0.05, 0.1) is 11.1 Å². The van der Waals surface area contributed by atoms with Gasteiger partial charge in [-0.25, -0.2) is 4.39 Å². The van der Waals surface area contributed by atoms with E-state index < -0.39 is 58.1 Å². The van der Waals surface area contributed by atoms with E-state index in [2.05, 4.69) is 0 Å². The molecule has 0 unspecified atom stereocenters. The van der Waals surface area contributed by atoms with E-state index in [-0.39, 0.29) is 35.3 Å². The number of hydrogen-bond donors (Lipinski definition) is 4. The molecular formula is C26H32FN3O6. The Bertz CT molecular complexity index is 1220. The number of likely N-dealkylation sites (N-methyl/N-ethyl adjacent to an activating group) is 1. The Hall–Kier alpha value is -3.08. The summed E-state index contributed by atoms with van der Waals surface area (Å²) in [7, 11) is 7.13. The number of Topliss-reactive ketones (excluding diaryl/α,β-unsaturated/α-hetero) is 2. The zero-order valence-corrected chi connectivity index (χ0v) is 20.8. The number of halogens is 1. The van der Waals surface area contributed by atoms with Crippen LogP contribution in [0.4, 0.5) is 4.39 Å². The Morgan fingerprint density at radius 3 is 2.44 bits per heavy atom. The Balaban J connectivity index is 1.84. The van der Waals surface area contributed by atoms with Gasteiger partial charge in [0.1, 0.15) is 17.3 Å². The van der Waals surface area contributed by atoms with Gasteiger partial charge < -0.3 is 30.9 Å². The largest absolute Gasteiger partial charge is 0.507 e. The lowest BCUT2D eigenvalue weighted by Gasteiger charge is -2.49. The van der Waals surface area contributed by atoms with Crippen LogP contribution in [0.3, 0.4) is 0 Å². The van der Waals surface area contributed by atoms with Crippen molar-refractivity contribution in [2.45, 2.75) is 37.3 Å². The molecule has 0 aromatic heterocycles. The van der Waals surface area contributed by atoms with Crippen LogP contribution in [-0.4, -0.2) is 89.0 Å². The summed E-state index contributed by atoms with van der Waals surface area (Å²) in [6.45, 7) is 0.699. The van der Waals surface area contributed by atoms with Gasteiger partial charge in [0.15, 0.2) is 5.60 Å². The fourth-order valence-corrected chi connectivity index (χ4v) is 5.91. The van der Waals surface area contributed by atoms with Gasteiger partial charge in [0, 0.05) is 23.1 Å². The number of aliphatic hydroxyl groups is 2. The number of amides is 1. The summed E-state index contributed by atoms with van der Waals surface area (Å²) < 4.78 is 15.2. The second-order valence-electron chi connectivity index (χ2n) is 10.5. The third-order valence-electron chi connectivity index (χ3n) is 7.70. The minimum atomic E-state index is -2.62. The highest BCUT2D eigenvalue weighted by Gasteiger charge is 2.63. The van der Waals surface area contributed by atoms with Crippen molar-refractivity contribution in [3.05, 3.63) is 45.8 Å². The molecule has 10 heteroatoms. The number of primary amides is 1. The molecule has 4 rings (SSSR count). The molecule has 3 aliphatic carbocycles. The SMILES string of the molecule is CN(C)CCCc1cc(F)c2c(c1O)C(O)=C1C(=O)[C@]3(O)C(=O)C(C(N)=O)=C[C@@H](N(C)C)[C@@H]3C[C@@H]1C2. The van der Waals surface area contributed by atoms with Crippen molar-refractivity contribution in [1.29, 1.82) is 0 Å². The van der Waals surface area contributed by atoms with Crippen LogP contribution in [-0.2, 0) is 27.2 Å². The Morgan fingerprint density at radius 1 is 1.19 bits per heavy atom. The highest BCUT2D eigenvalue weighted by atomic mass is 19.1. The minimum Gasteiger partial charge on any atom is -0.507 e. The van der Waals surface area contributed by atoms with Crippen LogP contribution in [0.15, 0.2) is 23.3 Å². The average molecular weight is 502 g/mol. The molecule has 1 aromatic rings. The van der Waals surface area contributed by atoms with E-state index in [1.165, 1.54) is 12.1 Å². The van der Waals surface area contributed by atoms with Crippen molar-refractivity contribution in [3.63, 3.8) is 0 Å². The second-order valence-corrected chi connectivity index (χ2v) is 10.5. The second kappa shape index (κ2) is 9.10. The van der Waals surface area contributed by atoms with Crippen LogP contribution in [0, 0.1) is 17.7 Å². The van der Waals surface area contributed by atoms with Crippen molar-refractivity contribution in [3.8, 4) is 5.75 Å². The quantitative estimate of drug-likeness (QED) is 0.330. The molecule has 194 valence electrons. The first-order chi connectivity index (χ1) is 16.8. The summed E-state index contributed by atoms with van der Waals surface area (Å²) in [5.41, 5.74) is 2.23. The maximum absolute atomic E-state index is 15.2. The fraction of sp³-hybridized carbons (Fsp3) is 0.500. The number of carbonyl (C=O) groups is 3. The zero-order valence-electron chi connectivity index (χ0n) is 20.8. The number of nitrogens with zero attached hydrogens (tertiary/aromatic N) is 2. The maximum Gasteiger partial charge on any atom is 0.252 e. The van der Waals surface area contributed by atoms with E-state index in [9.17, 15) is 29.7 Å². The third-order valence-corrected chi connectivity index (χ3v) is 7.70. The molecule has 0 saturated heterocycles. The van der Waals surface area contributed by atoms with Gasteiger partial charge in [0.25, 0.3) is 5.91 Å². The Kier molecular flexibility index (Phi) is 6.57. The molecule has 1 aromatic carbocycles. The number of carbonyl (C=O) groups excluding carboxylic acids is 3. The minimum absolute atomic E-state index is 0.00511. The normalized spacial score (nSPS) is 27.7. The smallest absolute Gasteiger partial charge is 0.252 e. The number of aryl methyl sites for hydroxylation is 1. The molecule has 3 aliphatic rings. The van der Waals surface area contributed by atoms with Gasteiger partial charge in [0.2, 0.25) is 11.6 Å². The third kappa shape index (κ3) is 3.84. The van der Waals surface area contributed by atoms with Gasteiger partial charge in [-0.3, -0.25) is 14.4 Å². The van der Waals surface area contributed by atoms with E-state index in [0.29, 0.717) is 24.9 Å². The molecule has 0 spiro atoms. The molecule has 0 heterocycles. The number of hydrogen-bond acceptors (Lipinski definition) is 8. The number of phenols is 1. The van der Waals surface area contributed by atoms with Crippen molar-refractivity contribution in [2.24, 2.45) is 17.6 Å². The highest BCUT2D eigenvalue weighted by Crippen LogP contribution is 2.51. The molecule has 1 saturated carbocycles. The Labute approximate surface area is 208 Å². The standard InChI is InChI=1S/C26H32FN3O6/c1-29(2)7-5-6-12-10-17(27)14-8-13-9-16-18(30(3)4)11-15(25(28)35)23(33)26(16,36)24(34)19(13)22(32)20(14)21(12)31/h10-11,13,16,18,31-32,36H,5-9H2,1-4H3,(H2,28,35)/t13-,16-,18+,26+/m0/s1. The summed E-state index contributed by atoms with van der Waals surface area (Å²) in [5, 5.41) is 33.7. The maximum atomic E-state index is 15.2. The van der Waals surface area contributed by atoms with Crippen molar-refractivity contribution < 1.29 is 34.1 Å². The predicted molar refractivity (Wildman–Crippen MR) is 130 cm³/mol. The molecule has 1 fully saturated rings. The first-order valence-electron chi connectivity index (χ1n) is 11.9. The lowest BCUT2D eigenvalue weighted by Crippen LogP contribution is -2.66. The highest BCUT2D eigenvalue weighted by molar-refractivity contribution is 6.32. The van der Waals surface area contributed by atoms with E-state index in [1.807, 2.05) is 19.0 Å². The number of aliphatic hydroxyl groups excluding tert-OH is 1. The summed E-state index contributed by atoms with van der Waals surface area (Å²) in [5.74, 6) is -6.43. The van der Waals surface area contributed by atoms with Gasteiger partial charge in [-0.2, -0.15) is 0 Å². The van der Waals surface area contributed by atoms with Crippen LogP contribution in [0.2, 0.25) is 0 Å². The van der Waals surface area contributed by atoms with Crippen molar-refractivity contribution >= 4 is 23.2 Å². The molecule has 0 aliphatic heterocycles. The summed E-state index contributed by atoms with van der Waals surface area (Å²) in [4.78, 5) is 42.5. The Morgan fingerprint density at radius 2 is 1.86 bits per heavy atom. The molecule has 0 bridgehead atoms. The van der Waals surface area contributed by atoms with Crippen LogP contribution < -0.4 is 5.73 Å². The number of benzene rings is 1. The summed E-state index contributed by atoms with van der Waals surface area (Å²) >= 11 is 0. The van der Waals surface area contributed by atoms with E-state index >= 15 is 4.39 Å². The molecule has 4 atom stereocenters. The van der Waals surface area contributed by atoms with Gasteiger partial charge in [-0.05, 0) is 78.0 Å². The molecular weight excluding hydrogens is 469 g/mol. The predicted octanol–water partition coefficient (Wildman–Crippen LogP) is 0.712. The molecule has 9 nitrogen and oxygen atoms in total. The van der Waals surface area contributed by atoms with Crippen LogP contribution in [0.25, 0.3) is 5.76 Å². The summed E-state index contributed by atoms with van der Waals surface area (Å²) in [6, 6.07) is 0.583. The molecule has 36 heavy (non-hydrogen) atoms. The number of ketones is 2. The van der Waals surface area contributed by atoms with Gasteiger partial charge in [-0.15, -0.1) is 0 Å². The fourth-order valence-electron chi connectivity index (χ4n) is 5.91. The molecule has 1 amide bonds. The number of phenolic OH excluding ortho intramolecular Hbond substituents is 1. The number of nitrogens with two attached hydrogens (primary N) is 1. The van der Waals surface area contributed by atoms with Crippen molar-refractivity contribution in [1.82, 2.24) is 9.80 Å². The first-order valence-corrected chi connectivity index (χ1v) is 11.9. The van der Waals surface area contributed by atoms with Crippen LogP contribution in [0.5, 0.6) is 5.75 Å². The topological polar surface area (TPSA) is 144 Å². The number of fused-ring (bicyclic) bond motifs is 3. The number of aromatic hydroxyl groups is 1. The van der Waals surface area contributed by atoms with Crippen LogP contribution >= 0.6 is 0 Å². The van der Waals surface area contributed by atoms with Crippen LogP contribution in [0.1, 0.15) is 29.5 Å². The zero-order chi connectivity index (χ0) is 26.7. The lowest BCUT2D eigenvalue weighted by molar-refractivity contribution is -0.160. The lowest BCUT2D eigenvalue weighted by atomic mass is 9.57.